The molecule has 0 bridgehead atoms. The van der Waals surface area contributed by atoms with Gasteiger partial charge in [-0.15, -0.1) is 0 Å². The van der Waals surface area contributed by atoms with Crippen molar-refractivity contribution in [2.75, 3.05) is 13.7 Å². The zero-order valence-corrected chi connectivity index (χ0v) is 19.9. The van der Waals surface area contributed by atoms with Gasteiger partial charge in [-0.1, -0.05) is 19.1 Å². The quantitative estimate of drug-likeness (QED) is 0.460. The number of hydrogen-bond donors (Lipinski definition) is 2. The van der Waals surface area contributed by atoms with Gasteiger partial charge in [0.2, 0.25) is 0 Å². The van der Waals surface area contributed by atoms with Crippen LogP contribution in [-0.2, 0) is 11.3 Å². The minimum absolute atomic E-state index is 0.128. The van der Waals surface area contributed by atoms with Crippen LogP contribution in [0, 0.1) is 6.92 Å². The van der Waals surface area contributed by atoms with Crippen LogP contribution in [0.2, 0.25) is 0 Å². The molecule has 1 aliphatic rings. The van der Waals surface area contributed by atoms with Crippen molar-refractivity contribution in [1.82, 2.24) is 9.88 Å². The summed E-state index contributed by atoms with van der Waals surface area (Å²) >= 11 is 0. The first-order valence-electron chi connectivity index (χ1n) is 11.8. The first kappa shape index (κ1) is 23.3. The number of carboxylic acid groups (broad SMARTS) is 1. The van der Waals surface area contributed by atoms with Crippen molar-refractivity contribution in [3.05, 3.63) is 64.8 Å². The molecule has 0 aliphatic carbocycles. The van der Waals surface area contributed by atoms with Crippen LogP contribution in [0.3, 0.4) is 0 Å². The molecule has 2 N–H and O–H groups in total. The molecule has 2 heterocycles. The van der Waals surface area contributed by atoms with E-state index in [1.165, 1.54) is 16.5 Å². The summed E-state index contributed by atoms with van der Waals surface area (Å²) in [7, 11) is 1.73. The van der Waals surface area contributed by atoms with Gasteiger partial charge in [0.05, 0.1) is 18.8 Å². The van der Waals surface area contributed by atoms with E-state index in [1.54, 1.807) is 19.2 Å². The molecule has 0 unspecified atom stereocenters. The first-order chi connectivity index (χ1) is 16.0. The second kappa shape index (κ2) is 9.98. The Morgan fingerprint density at radius 3 is 2.58 bits per heavy atom. The van der Waals surface area contributed by atoms with E-state index >= 15 is 0 Å². The number of nitrogens with zero attached hydrogens (tertiary/aromatic N) is 1. The van der Waals surface area contributed by atoms with Gasteiger partial charge in [0.25, 0.3) is 0 Å². The van der Waals surface area contributed by atoms with Crippen LogP contribution >= 0.6 is 0 Å². The van der Waals surface area contributed by atoms with Gasteiger partial charge in [0, 0.05) is 47.9 Å². The van der Waals surface area contributed by atoms with Crippen LogP contribution in [0.1, 0.15) is 66.2 Å². The highest BCUT2D eigenvalue weighted by Crippen LogP contribution is 2.41. The molecule has 6 nitrogen and oxygen atoms in total. The zero-order valence-electron chi connectivity index (χ0n) is 19.9. The molecular formula is C27H34N2O4. The summed E-state index contributed by atoms with van der Waals surface area (Å²) in [6.45, 7) is 7.82. The van der Waals surface area contributed by atoms with E-state index < -0.39 is 5.97 Å². The van der Waals surface area contributed by atoms with Crippen LogP contribution in [0.15, 0.2) is 42.6 Å². The molecule has 1 fully saturated rings. The standard InChI is InChI=1S/C27H34N2O4/c1-5-20-14-21(33-6-2)15-24(18-7-9-19(10-8-18)27(30)31)29(20)16-23-22-11-12-28-26(22)17(3)13-25(23)32-4/h7-13,20-21,24,28H,5-6,14-16H2,1-4H3,(H,30,31)/t20-,21-,24+/m0/s1. The highest BCUT2D eigenvalue weighted by atomic mass is 16.5. The van der Waals surface area contributed by atoms with E-state index in [-0.39, 0.29) is 12.1 Å². The minimum Gasteiger partial charge on any atom is -0.496 e. The van der Waals surface area contributed by atoms with Crippen molar-refractivity contribution in [2.45, 2.75) is 64.8 Å². The fourth-order valence-corrected chi connectivity index (χ4v) is 5.33. The van der Waals surface area contributed by atoms with Crippen LogP contribution in [0.5, 0.6) is 5.75 Å². The third kappa shape index (κ3) is 4.63. The Kier molecular flexibility index (Phi) is 7.05. The molecule has 3 atom stereocenters. The first-order valence-corrected chi connectivity index (χ1v) is 11.8. The third-order valence-electron chi connectivity index (χ3n) is 6.98. The Morgan fingerprint density at radius 1 is 1.18 bits per heavy atom. The molecule has 0 saturated carbocycles. The Balaban J connectivity index is 1.76. The van der Waals surface area contributed by atoms with Gasteiger partial charge in [-0.2, -0.15) is 0 Å². The number of methoxy groups -OCH3 is 1. The minimum atomic E-state index is -0.903. The third-order valence-corrected chi connectivity index (χ3v) is 6.98. The van der Waals surface area contributed by atoms with Crippen molar-refractivity contribution >= 4 is 16.9 Å². The lowest BCUT2D eigenvalue weighted by atomic mass is 9.86. The number of fused-ring (bicyclic) bond motifs is 1. The zero-order chi connectivity index (χ0) is 23.5. The maximum atomic E-state index is 11.4. The molecule has 2 aromatic carbocycles. The fraction of sp³-hybridized carbons (Fsp3) is 0.444. The molecule has 1 aliphatic heterocycles. The predicted octanol–water partition coefficient (Wildman–Crippen LogP) is 5.70. The Labute approximate surface area is 195 Å². The van der Waals surface area contributed by atoms with Crippen molar-refractivity contribution in [1.29, 1.82) is 0 Å². The summed E-state index contributed by atoms with van der Waals surface area (Å²) in [4.78, 5) is 17.3. The number of H-pyrrole nitrogens is 1. The van der Waals surface area contributed by atoms with Gasteiger partial charge in [0.1, 0.15) is 5.75 Å². The maximum Gasteiger partial charge on any atom is 0.335 e. The van der Waals surface area contributed by atoms with E-state index in [0.717, 1.165) is 42.6 Å². The van der Waals surface area contributed by atoms with Gasteiger partial charge in [-0.25, -0.2) is 4.79 Å². The van der Waals surface area contributed by atoms with Gasteiger partial charge >= 0.3 is 5.97 Å². The lowest BCUT2D eigenvalue weighted by Crippen LogP contribution is -2.46. The van der Waals surface area contributed by atoms with Crippen LogP contribution < -0.4 is 4.74 Å². The molecule has 1 saturated heterocycles. The number of aromatic nitrogens is 1. The van der Waals surface area contributed by atoms with E-state index in [1.807, 2.05) is 25.3 Å². The smallest absolute Gasteiger partial charge is 0.335 e. The number of rotatable bonds is 8. The highest BCUT2D eigenvalue weighted by molar-refractivity contribution is 5.88. The topological polar surface area (TPSA) is 74.8 Å². The number of aromatic carboxylic acids is 1. The average molecular weight is 451 g/mol. The molecule has 4 rings (SSSR count). The number of benzene rings is 2. The van der Waals surface area contributed by atoms with E-state index in [2.05, 4.69) is 35.9 Å². The number of aromatic amines is 1. The lowest BCUT2D eigenvalue weighted by molar-refractivity contribution is -0.0438. The molecule has 3 aromatic rings. The predicted molar refractivity (Wildman–Crippen MR) is 130 cm³/mol. The van der Waals surface area contributed by atoms with Gasteiger partial charge in [0.15, 0.2) is 0 Å². The number of aryl methyl sites for hydroxylation is 1. The van der Waals surface area contributed by atoms with E-state index in [9.17, 15) is 9.90 Å². The van der Waals surface area contributed by atoms with Crippen molar-refractivity contribution in [3.8, 4) is 5.75 Å². The lowest BCUT2D eigenvalue weighted by Gasteiger charge is -2.45. The van der Waals surface area contributed by atoms with E-state index in [4.69, 9.17) is 9.47 Å². The van der Waals surface area contributed by atoms with E-state index in [0.29, 0.717) is 18.2 Å². The second-order valence-electron chi connectivity index (χ2n) is 8.87. The number of carbonyl (C=O) groups is 1. The number of carboxylic acids is 1. The maximum absolute atomic E-state index is 11.4. The number of ether oxygens (including phenoxy) is 2. The van der Waals surface area contributed by atoms with Crippen LogP contribution in [0.25, 0.3) is 10.9 Å². The summed E-state index contributed by atoms with van der Waals surface area (Å²) in [5.74, 6) is 0.00118. The normalized spacial score (nSPS) is 21.4. The van der Waals surface area contributed by atoms with Crippen molar-refractivity contribution in [2.24, 2.45) is 0 Å². The van der Waals surface area contributed by atoms with Crippen LogP contribution in [0.4, 0.5) is 0 Å². The monoisotopic (exact) mass is 450 g/mol. The number of nitrogens with one attached hydrogen (secondary N) is 1. The average Bonchev–Trinajstić information content (AvgIpc) is 3.32. The molecule has 1 aromatic heterocycles. The summed E-state index contributed by atoms with van der Waals surface area (Å²) in [6, 6.07) is 12.0. The Bertz CT molecular complexity index is 1110. The van der Waals surface area contributed by atoms with Gasteiger partial charge in [-0.3, -0.25) is 4.90 Å². The van der Waals surface area contributed by atoms with Gasteiger partial charge < -0.3 is 19.6 Å². The van der Waals surface area contributed by atoms with Crippen LogP contribution in [-0.4, -0.2) is 46.8 Å². The number of piperidine rings is 1. The second-order valence-corrected chi connectivity index (χ2v) is 8.87. The molecular weight excluding hydrogens is 416 g/mol. The number of likely N-dealkylation sites (tertiary alicyclic amines) is 1. The SMILES string of the molecule is CCO[C@H]1C[C@H](CC)N(Cc2c(OC)cc(C)c3[nH]ccc23)[C@@H](c2ccc(C(=O)O)cc2)C1. The van der Waals surface area contributed by atoms with Crippen molar-refractivity contribution < 1.29 is 19.4 Å². The highest BCUT2D eigenvalue weighted by Gasteiger charge is 2.36. The summed E-state index contributed by atoms with van der Waals surface area (Å²) in [5, 5.41) is 10.5. The number of hydrogen-bond acceptors (Lipinski definition) is 4. The molecule has 0 radical (unpaired) electrons. The van der Waals surface area contributed by atoms with Gasteiger partial charge in [-0.05, 0) is 68.5 Å². The molecule has 0 amide bonds. The molecule has 0 spiro atoms. The fourth-order valence-electron chi connectivity index (χ4n) is 5.33. The summed E-state index contributed by atoms with van der Waals surface area (Å²) in [6.07, 6.45) is 5.05. The summed E-state index contributed by atoms with van der Waals surface area (Å²) in [5.41, 5.74) is 4.92. The molecule has 33 heavy (non-hydrogen) atoms. The molecule has 6 heteroatoms. The van der Waals surface area contributed by atoms with Crippen molar-refractivity contribution in [3.63, 3.8) is 0 Å². The largest absolute Gasteiger partial charge is 0.496 e. The Hall–Kier alpha value is -2.83. The summed E-state index contributed by atoms with van der Waals surface area (Å²) < 4.78 is 11.9. The Morgan fingerprint density at radius 2 is 1.94 bits per heavy atom. The molecule has 176 valence electrons.